The molecule has 1 aromatic heterocycles. The summed E-state index contributed by atoms with van der Waals surface area (Å²) in [7, 11) is 1.77. The molecule has 3 heterocycles. The molecule has 0 amide bonds. The number of nitrogens with one attached hydrogen (secondary N) is 2. The van der Waals surface area contributed by atoms with Gasteiger partial charge in [0.15, 0.2) is 11.6 Å². The Morgan fingerprint density at radius 1 is 0.846 bits per heavy atom. The average molecular weight is 548 g/mol. The molecule has 12 heteroatoms. The highest BCUT2D eigenvalue weighted by Gasteiger charge is 2.38. The molecule has 0 aliphatic carbocycles. The zero-order valence-electron chi connectivity index (χ0n) is 20.9. The van der Waals surface area contributed by atoms with Gasteiger partial charge in [0.2, 0.25) is 0 Å². The summed E-state index contributed by atoms with van der Waals surface area (Å²) in [5.74, 6) is -2.48. The Labute approximate surface area is 221 Å². The van der Waals surface area contributed by atoms with Crippen LogP contribution in [-0.2, 0) is 11.8 Å². The van der Waals surface area contributed by atoms with Crippen LogP contribution in [0, 0.1) is 11.6 Å². The highest BCUT2D eigenvalue weighted by Crippen LogP contribution is 2.31. The number of carboxylic acids is 1. The van der Waals surface area contributed by atoms with Crippen LogP contribution in [0.4, 0.5) is 22.0 Å². The Bertz CT molecular complexity index is 1430. The fraction of sp³-hybridized carbons (Fsp3) is 0.296. The predicted octanol–water partition coefficient (Wildman–Crippen LogP) is 4.81. The molecule has 3 aromatic rings. The Kier molecular flexibility index (Phi) is 8.56. The molecular formula is C27H26F5N5O2. The maximum atomic E-state index is 15.0. The minimum atomic E-state index is -5.08. The van der Waals surface area contributed by atoms with Gasteiger partial charge in [0, 0.05) is 31.3 Å². The zero-order valence-corrected chi connectivity index (χ0v) is 20.9. The monoisotopic (exact) mass is 547 g/mol. The second kappa shape index (κ2) is 11.9. The quantitative estimate of drug-likeness (QED) is 0.406. The first-order valence-corrected chi connectivity index (χ1v) is 12.2. The molecule has 2 aliphatic heterocycles. The number of aromatic nitrogens is 3. The van der Waals surface area contributed by atoms with Gasteiger partial charge in [0.05, 0.1) is 5.56 Å². The SMILES string of the molecule is Cn1c(-c2ccc(C3=CCNCC3)c(F)c2)nnc1-c1ccc(C2=CCNCC2)cc1F.O=C(O)C(F)(F)F. The van der Waals surface area contributed by atoms with Crippen LogP contribution in [-0.4, -0.2) is 58.2 Å². The predicted molar refractivity (Wildman–Crippen MR) is 136 cm³/mol. The number of halogens is 5. The van der Waals surface area contributed by atoms with E-state index in [9.17, 15) is 17.6 Å². The molecule has 0 saturated carbocycles. The van der Waals surface area contributed by atoms with Crippen molar-refractivity contribution in [3.63, 3.8) is 0 Å². The fourth-order valence-electron chi connectivity index (χ4n) is 4.38. The van der Waals surface area contributed by atoms with E-state index in [1.165, 1.54) is 6.07 Å². The Morgan fingerprint density at radius 2 is 1.36 bits per heavy atom. The molecule has 0 unspecified atom stereocenters. The molecule has 3 N–H and O–H groups in total. The standard InChI is InChI=1S/C25H25F2N5.C2HF3O2/c1-32-24(19-3-4-20(22(26)15-19)17-8-12-29-13-9-17)30-31-25(32)21-5-2-18(14-23(21)27)16-6-10-28-11-7-16;3-2(4,5)1(6)7/h2-6,8,14-15,28-29H,7,9-13H2,1H3;(H,6,7). The number of rotatable bonds is 4. The fourth-order valence-corrected chi connectivity index (χ4v) is 4.38. The van der Waals surface area contributed by atoms with Crippen molar-refractivity contribution in [2.75, 3.05) is 26.2 Å². The maximum absolute atomic E-state index is 15.0. The third-order valence-electron chi connectivity index (χ3n) is 6.40. The van der Waals surface area contributed by atoms with Gasteiger partial charge < -0.3 is 20.3 Å². The molecular weight excluding hydrogens is 521 g/mol. The van der Waals surface area contributed by atoms with Gasteiger partial charge in [-0.1, -0.05) is 30.4 Å². The minimum absolute atomic E-state index is 0.286. The first-order chi connectivity index (χ1) is 18.6. The molecule has 0 fully saturated rings. The van der Waals surface area contributed by atoms with Crippen molar-refractivity contribution in [1.29, 1.82) is 0 Å². The number of benzene rings is 2. The van der Waals surface area contributed by atoms with Crippen molar-refractivity contribution in [1.82, 2.24) is 25.4 Å². The highest BCUT2D eigenvalue weighted by molar-refractivity contribution is 5.73. The van der Waals surface area contributed by atoms with E-state index in [0.29, 0.717) is 28.3 Å². The summed E-state index contributed by atoms with van der Waals surface area (Å²) >= 11 is 0. The molecule has 0 bridgehead atoms. The summed E-state index contributed by atoms with van der Waals surface area (Å²) in [4.78, 5) is 8.90. The van der Waals surface area contributed by atoms with Crippen molar-refractivity contribution in [3.8, 4) is 22.8 Å². The van der Waals surface area contributed by atoms with E-state index in [0.717, 1.165) is 55.7 Å². The summed E-state index contributed by atoms with van der Waals surface area (Å²) in [5, 5.41) is 22.1. The molecule has 0 saturated heterocycles. The molecule has 0 atom stereocenters. The van der Waals surface area contributed by atoms with Crippen LogP contribution in [0.2, 0.25) is 0 Å². The number of carbonyl (C=O) groups is 1. The lowest BCUT2D eigenvalue weighted by molar-refractivity contribution is -0.192. The number of hydrogen-bond acceptors (Lipinski definition) is 5. The Balaban J connectivity index is 0.000000448. The van der Waals surface area contributed by atoms with Gasteiger partial charge in [0.1, 0.15) is 11.6 Å². The van der Waals surface area contributed by atoms with Crippen LogP contribution >= 0.6 is 0 Å². The number of alkyl halides is 3. The Hall–Kier alpha value is -3.90. The van der Waals surface area contributed by atoms with E-state index < -0.39 is 12.1 Å². The van der Waals surface area contributed by atoms with E-state index in [1.807, 2.05) is 18.2 Å². The number of nitrogens with zero attached hydrogens (tertiary/aromatic N) is 3. The minimum Gasteiger partial charge on any atom is -0.475 e. The maximum Gasteiger partial charge on any atom is 0.490 e. The van der Waals surface area contributed by atoms with Crippen molar-refractivity contribution in [2.24, 2.45) is 7.05 Å². The lowest BCUT2D eigenvalue weighted by atomic mass is 9.98. The van der Waals surface area contributed by atoms with Crippen LogP contribution in [0.15, 0.2) is 48.6 Å². The number of carboxylic acid groups (broad SMARTS) is 1. The van der Waals surface area contributed by atoms with Crippen molar-refractivity contribution < 1.29 is 31.9 Å². The van der Waals surface area contributed by atoms with E-state index in [-0.39, 0.29) is 11.6 Å². The highest BCUT2D eigenvalue weighted by atomic mass is 19.4. The largest absolute Gasteiger partial charge is 0.490 e. The van der Waals surface area contributed by atoms with Crippen molar-refractivity contribution >= 4 is 17.1 Å². The van der Waals surface area contributed by atoms with Gasteiger partial charge in [-0.05, 0) is 60.8 Å². The molecule has 0 spiro atoms. The third-order valence-corrected chi connectivity index (χ3v) is 6.40. The molecule has 5 rings (SSSR count). The van der Waals surface area contributed by atoms with Gasteiger partial charge >= 0.3 is 12.1 Å². The van der Waals surface area contributed by atoms with Crippen molar-refractivity contribution in [2.45, 2.75) is 19.0 Å². The van der Waals surface area contributed by atoms with Gasteiger partial charge in [-0.15, -0.1) is 10.2 Å². The molecule has 2 aromatic carbocycles. The number of hydrogen-bond donors (Lipinski definition) is 3. The van der Waals surface area contributed by atoms with Crippen LogP contribution in [0.5, 0.6) is 0 Å². The van der Waals surface area contributed by atoms with E-state index in [2.05, 4.69) is 26.9 Å². The van der Waals surface area contributed by atoms with E-state index >= 15 is 4.39 Å². The summed E-state index contributed by atoms with van der Waals surface area (Å²) < 4.78 is 63.3. The molecule has 0 radical (unpaired) electrons. The first-order valence-electron chi connectivity index (χ1n) is 12.2. The normalized spacial score (nSPS) is 15.6. The topological polar surface area (TPSA) is 92.1 Å². The van der Waals surface area contributed by atoms with Gasteiger partial charge in [-0.25, -0.2) is 13.6 Å². The van der Waals surface area contributed by atoms with Gasteiger partial charge in [0.25, 0.3) is 0 Å². The summed E-state index contributed by atoms with van der Waals surface area (Å²) in [5.41, 5.74) is 4.65. The van der Waals surface area contributed by atoms with Gasteiger partial charge in [-0.2, -0.15) is 13.2 Å². The van der Waals surface area contributed by atoms with Crippen LogP contribution in [0.1, 0.15) is 24.0 Å². The second-order valence-electron chi connectivity index (χ2n) is 8.97. The molecule has 206 valence electrons. The summed E-state index contributed by atoms with van der Waals surface area (Å²) in [6.45, 7) is 3.29. The van der Waals surface area contributed by atoms with Gasteiger partial charge in [-0.3, -0.25) is 0 Å². The lowest BCUT2D eigenvalue weighted by Gasteiger charge is -2.15. The summed E-state index contributed by atoms with van der Waals surface area (Å²) in [6, 6.07) is 10.3. The third kappa shape index (κ3) is 6.58. The second-order valence-corrected chi connectivity index (χ2v) is 8.97. The zero-order chi connectivity index (χ0) is 28.2. The van der Waals surface area contributed by atoms with E-state index in [1.54, 1.807) is 29.8 Å². The smallest absolute Gasteiger partial charge is 0.475 e. The molecule has 2 aliphatic rings. The summed E-state index contributed by atoms with van der Waals surface area (Å²) in [6.07, 6.45) is 0.708. The average Bonchev–Trinajstić information content (AvgIpc) is 3.30. The molecule has 39 heavy (non-hydrogen) atoms. The lowest BCUT2D eigenvalue weighted by Crippen LogP contribution is -2.21. The van der Waals surface area contributed by atoms with Crippen LogP contribution in [0.25, 0.3) is 33.9 Å². The van der Waals surface area contributed by atoms with E-state index in [4.69, 9.17) is 9.90 Å². The Morgan fingerprint density at radius 3 is 1.90 bits per heavy atom. The van der Waals surface area contributed by atoms with Crippen LogP contribution < -0.4 is 10.6 Å². The van der Waals surface area contributed by atoms with Crippen molar-refractivity contribution in [3.05, 3.63) is 71.3 Å². The van der Waals surface area contributed by atoms with Crippen LogP contribution in [0.3, 0.4) is 0 Å². The first kappa shape index (κ1) is 28.1. The number of aliphatic carboxylic acids is 1. The molecule has 7 nitrogen and oxygen atoms in total.